The van der Waals surface area contributed by atoms with Gasteiger partial charge in [0.2, 0.25) is 10.0 Å². The molecule has 1 aromatic heterocycles. The Labute approximate surface area is 137 Å². The van der Waals surface area contributed by atoms with Gasteiger partial charge in [-0.25, -0.2) is 12.8 Å². The molecule has 0 aliphatic rings. The summed E-state index contributed by atoms with van der Waals surface area (Å²) < 4.78 is 40.4. The van der Waals surface area contributed by atoms with Gasteiger partial charge in [-0.15, -0.1) is 22.9 Å². The number of sulfonamides is 1. The van der Waals surface area contributed by atoms with E-state index in [4.69, 9.17) is 23.2 Å². The van der Waals surface area contributed by atoms with Gasteiger partial charge in [-0.3, -0.25) is 0 Å². The molecule has 0 aliphatic carbocycles. The molecule has 8 heteroatoms. The minimum absolute atomic E-state index is 0.118. The predicted molar refractivity (Wildman–Crippen MR) is 83.9 cm³/mol. The Balaban J connectivity index is 2.32. The summed E-state index contributed by atoms with van der Waals surface area (Å²) in [5, 5.41) is 0. The first-order valence-corrected chi connectivity index (χ1v) is 9.06. The third-order valence-electron chi connectivity index (χ3n) is 2.85. The van der Waals surface area contributed by atoms with E-state index in [1.54, 1.807) is 12.1 Å². The minimum atomic E-state index is -3.93. The van der Waals surface area contributed by atoms with E-state index in [0.717, 1.165) is 15.2 Å². The van der Waals surface area contributed by atoms with Gasteiger partial charge >= 0.3 is 0 Å². The molecular formula is C13H12Cl2FNO2S2. The lowest BCUT2D eigenvalue weighted by Gasteiger charge is -2.17. The van der Waals surface area contributed by atoms with Crippen LogP contribution >= 0.6 is 34.5 Å². The molecule has 0 N–H and O–H groups in total. The predicted octanol–water partition coefficient (Wildman–Crippen LogP) is 4.10. The van der Waals surface area contributed by atoms with Crippen LogP contribution in [0.15, 0.2) is 35.2 Å². The van der Waals surface area contributed by atoms with E-state index in [1.165, 1.54) is 30.5 Å². The topological polar surface area (TPSA) is 37.4 Å². The Bertz CT molecular complexity index is 746. The number of alkyl halides is 1. The fourth-order valence-corrected chi connectivity index (χ4v) is 4.39. The van der Waals surface area contributed by atoms with Gasteiger partial charge in [0.25, 0.3) is 0 Å². The van der Waals surface area contributed by atoms with Crippen molar-refractivity contribution in [2.45, 2.75) is 17.3 Å². The molecule has 2 aromatic rings. The van der Waals surface area contributed by atoms with Gasteiger partial charge < -0.3 is 0 Å². The fraction of sp³-hybridized carbons (Fsp3) is 0.231. The normalized spacial score (nSPS) is 12.0. The highest BCUT2D eigenvalue weighted by atomic mass is 35.5. The molecule has 0 spiro atoms. The highest BCUT2D eigenvalue weighted by molar-refractivity contribution is 7.89. The number of hydrogen-bond acceptors (Lipinski definition) is 3. The number of benzene rings is 1. The standard InChI is InChI=1S/C13H12Cl2FNO2S2/c1-17(8-10-3-5-13(15)20-10)21(18,19)12-6-9(7-14)2-4-11(12)16/h2-6H,7-8H2,1H3. The summed E-state index contributed by atoms with van der Waals surface area (Å²) in [5.41, 5.74) is 0.546. The van der Waals surface area contributed by atoms with Gasteiger partial charge in [-0.05, 0) is 29.8 Å². The first kappa shape index (κ1) is 16.7. The number of thiophene rings is 1. The quantitative estimate of drug-likeness (QED) is 0.746. The molecule has 1 aromatic carbocycles. The first-order valence-electron chi connectivity index (χ1n) is 5.89. The number of nitrogens with zero attached hydrogens (tertiary/aromatic N) is 1. The SMILES string of the molecule is CN(Cc1ccc(Cl)s1)S(=O)(=O)c1cc(CCl)ccc1F. The van der Waals surface area contributed by atoms with E-state index in [-0.39, 0.29) is 17.3 Å². The van der Waals surface area contributed by atoms with Crippen molar-refractivity contribution in [3.05, 3.63) is 50.9 Å². The van der Waals surface area contributed by atoms with Crippen molar-refractivity contribution in [1.82, 2.24) is 4.31 Å². The van der Waals surface area contributed by atoms with Gasteiger partial charge in [0, 0.05) is 24.3 Å². The van der Waals surface area contributed by atoms with E-state index in [1.807, 2.05) is 0 Å². The van der Waals surface area contributed by atoms with Gasteiger partial charge in [0.15, 0.2) is 0 Å². The van der Waals surface area contributed by atoms with Crippen LogP contribution in [0.5, 0.6) is 0 Å². The van der Waals surface area contributed by atoms with E-state index in [0.29, 0.717) is 9.90 Å². The molecule has 0 fully saturated rings. The van der Waals surface area contributed by atoms with Crippen LogP contribution < -0.4 is 0 Å². The molecule has 0 atom stereocenters. The highest BCUT2D eigenvalue weighted by Gasteiger charge is 2.25. The molecule has 114 valence electrons. The Morgan fingerprint density at radius 2 is 2.00 bits per heavy atom. The smallest absolute Gasteiger partial charge is 0.207 e. The zero-order valence-electron chi connectivity index (χ0n) is 11.0. The van der Waals surface area contributed by atoms with Gasteiger partial charge in [0.05, 0.1) is 4.34 Å². The molecule has 0 radical (unpaired) electrons. The third-order valence-corrected chi connectivity index (χ3v) is 6.19. The second-order valence-electron chi connectivity index (χ2n) is 4.37. The molecule has 1 heterocycles. The molecule has 0 saturated carbocycles. The molecule has 0 unspecified atom stereocenters. The first-order chi connectivity index (χ1) is 9.84. The summed E-state index contributed by atoms with van der Waals surface area (Å²) in [7, 11) is -2.53. The summed E-state index contributed by atoms with van der Waals surface area (Å²) in [6.45, 7) is 0.129. The maximum Gasteiger partial charge on any atom is 0.246 e. The Kier molecular flexibility index (Phi) is 5.27. The van der Waals surface area contributed by atoms with Crippen LogP contribution in [0.2, 0.25) is 4.34 Å². The van der Waals surface area contributed by atoms with Gasteiger partial charge in [-0.1, -0.05) is 17.7 Å². The molecule has 2 rings (SSSR count). The van der Waals surface area contributed by atoms with Crippen LogP contribution in [0.3, 0.4) is 0 Å². The van der Waals surface area contributed by atoms with Gasteiger partial charge in [-0.2, -0.15) is 4.31 Å². The average molecular weight is 368 g/mol. The van der Waals surface area contributed by atoms with Crippen LogP contribution in [-0.2, 0) is 22.4 Å². The summed E-state index contributed by atoms with van der Waals surface area (Å²) >= 11 is 12.8. The lowest BCUT2D eigenvalue weighted by Crippen LogP contribution is -2.27. The van der Waals surface area contributed by atoms with Gasteiger partial charge in [0.1, 0.15) is 10.7 Å². The zero-order valence-corrected chi connectivity index (χ0v) is 14.2. The molecule has 0 bridgehead atoms. The van der Waals surface area contributed by atoms with E-state index >= 15 is 0 Å². The Morgan fingerprint density at radius 3 is 2.57 bits per heavy atom. The maximum atomic E-state index is 13.8. The number of halogens is 3. The highest BCUT2D eigenvalue weighted by Crippen LogP contribution is 2.26. The molecule has 3 nitrogen and oxygen atoms in total. The largest absolute Gasteiger partial charge is 0.246 e. The van der Waals surface area contributed by atoms with Crippen molar-refractivity contribution in [3.8, 4) is 0 Å². The van der Waals surface area contributed by atoms with Crippen molar-refractivity contribution in [3.63, 3.8) is 0 Å². The van der Waals surface area contributed by atoms with E-state index in [2.05, 4.69) is 0 Å². The van der Waals surface area contributed by atoms with Crippen molar-refractivity contribution in [1.29, 1.82) is 0 Å². The second-order valence-corrected chi connectivity index (χ2v) is 8.45. The summed E-state index contributed by atoms with van der Waals surface area (Å²) in [4.78, 5) is 0.408. The number of rotatable bonds is 5. The molecule has 0 saturated heterocycles. The van der Waals surface area contributed by atoms with Crippen LogP contribution in [0, 0.1) is 5.82 Å². The Morgan fingerprint density at radius 1 is 1.29 bits per heavy atom. The van der Waals surface area contributed by atoms with Crippen molar-refractivity contribution in [2.24, 2.45) is 0 Å². The van der Waals surface area contributed by atoms with Crippen molar-refractivity contribution < 1.29 is 12.8 Å². The zero-order chi connectivity index (χ0) is 15.6. The molecule has 0 amide bonds. The number of hydrogen-bond donors (Lipinski definition) is 0. The lowest BCUT2D eigenvalue weighted by atomic mass is 10.2. The Hall–Kier alpha value is -0.660. The second kappa shape index (κ2) is 6.62. The monoisotopic (exact) mass is 367 g/mol. The van der Waals surface area contributed by atoms with Crippen LogP contribution in [0.4, 0.5) is 4.39 Å². The summed E-state index contributed by atoms with van der Waals surface area (Å²) in [6.07, 6.45) is 0. The van der Waals surface area contributed by atoms with E-state index < -0.39 is 15.8 Å². The fourth-order valence-electron chi connectivity index (χ4n) is 1.74. The van der Waals surface area contributed by atoms with Crippen molar-refractivity contribution in [2.75, 3.05) is 7.05 Å². The van der Waals surface area contributed by atoms with E-state index in [9.17, 15) is 12.8 Å². The van der Waals surface area contributed by atoms with Crippen molar-refractivity contribution >= 4 is 44.6 Å². The van der Waals surface area contributed by atoms with Crippen LogP contribution in [-0.4, -0.2) is 19.8 Å². The molecule has 0 aliphatic heterocycles. The average Bonchev–Trinajstić information content (AvgIpc) is 2.84. The lowest BCUT2D eigenvalue weighted by molar-refractivity contribution is 0.462. The maximum absolute atomic E-state index is 13.8. The molecule has 21 heavy (non-hydrogen) atoms. The summed E-state index contributed by atoms with van der Waals surface area (Å²) in [6, 6.07) is 7.26. The van der Waals surface area contributed by atoms with Crippen LogP contribution in [0.1, 0.15) is 10.4 Å². The summed E-state index contributed by atoms with van der Waals surface area (Å²) in [5.74, 6) is -0.674. The van der Waals surface area contributed by atoms with Crippen LogP contribution in [0.25, 0.3) is 0 Å². The third kappa shape index (κ3) is 3.76. The molecular weight excluding hydrogens is 356 g/mol. The minimum Gasteiger partial charge on any atom is -0.207 e.